The smallest absolute Gasteiger partial charge is 0.223 e. The Morgan fingerprint density at radius 3 is 2.20 bits per heavy atom. The van der Waals surface area contributed by atoms with Crippen molar-refractivity contribution in [1.29, 1.82) is 0 Å². The highest BCUT2D eigenvalue weighted by Gasteiger charge is 2.49. The van der Waals surface area contributed by atoms with Crippen LogP contribution in [0, 0.1) is 0 Å². The second kappa shape index (κ2) is 4.27. The predicted octanol–water partition coefficient (Wildman–Crippen LogP) is 2.83. The lowest BCUT2D eigenvalue weighted by molar-refractivity contribution is 0.532. The van der Waals surface area contributed by atoms with Crippen LogP contribution in [0.5, 0.6) is 0 Å². The molecule has 104 valence electrons. The van der Waals surface area contributed by atoms with Crippen molar-refractivity contribution < 1.29 is 0 Å². The Hall–Kier alpha value is -1.97. The van der Waals surface area contributed by atoms with Crippen LogP contribution in [0.25, 0.3) is 0 Å². The van der Waals surface area contributed by atoms with Gasteiger partial charge in [-0.3, -0.25) is 0 Å². The molecule has 0 atom stereocenters. The quantitative estimate of drug-likeness (QED) is 0.909. The first kappa shape index (κ1) is 13.0. The summed E-state index contributed by atoms with van der Waals surface area (Å²) in [6.45, 7) is 6.27. The van der Waals surface area contributed by atoms with E-state index < -0.39 is 0 Å². The molecule has 2 aromatic rings. The number of anilines is 1. The fourth-order valence-corrected chi connectivity index (χ4v) is 2.47. The summed E-state index contributed by atoms with van der Waals surface area (Å²) in [5.41, 5.74) is 6.98. The molecule has 4 nitrogen and oxygen atoms in total. The number of hydrogen-bond acceptors (Lipinski definition) is 4. The van der Waals surface area contributed by atoms with Gasteiger partial charge >= 0.3 is 0 Å². The zero-order chi connectivity index (χ0) is 14.4. The molecule has 1 aromatic heterocycles. The first-order valence-corrected chi connectivity index (χ1v) is 7.00. The molecule has 0 saturated heterocycles. The molecule has 0 bridgehead atoms. The molecule has 1 aliphatic rings. The van der Waals surface area contributed by atoms with E-state index in [0.717, 1.165) is 24.5 Å². The minimum absolute atomic E-state index is 0.0572. The van der Waals surface area contributed by atoms with E-state index in [1.807, 2.05) is 6.07 Å². The predicted molar refractivity (Wildman–Crippen MR) is 79.4 cm³/mol. The molecule has 0 radical (unpaired) electrons. The Labute approximate surface area is 119 Å². The van der Waals surface area contributed by atoms with Crippen LogP contribution in [0.1, 0.15) is 50.8 Å². The zero-order valence-electron chi connectivity index (χ0n) is 12.2. The lowest BCUT2D eigenvalue weighted by atomic mass is 9.93. The molecule has 2 N–H and O–H groups in total. The normalized spacial score (nSPS) is 16.9. The summed E-state index contributed by atoms with van der Waals surface area (Å²) < 4.78 is 0. The maximum atomic E-state index is 5.90. The van der Waals surface area contributed by atoms with Gasteiger partial charge in [0.05, 0.1) is 5.41 Å². The summed E-state index contributed by atoms with van der Waals surface area (Å²) in [5, 5.41) is 0. The van der Waals surface area contributed by atoms with Crippen molar-refractivity contribution in [2.75, 3.05) is 5.73 Å². The van der Waals surface area contributed by atoms with Gasteiger partial charge in [0.1, 0.15) is 11.6 Å². The van der Waals surface area contributed by atoms with Gasteiger partial charge in [0.2, 0.25) is 5.95 Å². The van der Waals surface area contributed by atoms with Crippen LogP contribution in [0.4, 0.5) is 5.95 Å². The number of rotatable bonds is 2. The van der Waals surface area contributed by atoms with Crippen molar-refractivity contribution in [3.8, 4) is 0 Å². The van der Waals surface area contributed by atoms with Gasteiger partial charge in [-0.1, -0.05) is 51.1 Å². The summed E-state index contributed by atoms with van der Waals surface area (Å²) in [5.74, 6) is 1.91. The third kappa shape index (κ3) is 2.15. The molecule has 1 heterocycles. The maximum absolute atomic E-state index is 5.90. The van der Waals surface area contributed by atoms with Gasteiger partial charge in [-0.15, -0.1) is 0 Å². The summed E-state index contributed by atoms with van der Waals surface area (Å²) >= 11 is 0. The third-order valence-electron chi connectivity index (χ3n) is 3.83. The van der Waals surface area contributed by atoms with Gasteiger partial charge in [-0.25, -0.2) is 4.98 Å². The van der Waals surface area contributed by atoms with E-state index in [1.165, 1.54) is 5.56 Å². The molecule has 0 amide bonds. The average molecular weight is 268 g/mol. The Morgan fingerprint density at radius 2 is 1.65 bits per heavy atom. The highest BCUT2D eigenvalue weighted by atomic mass is 15.1. The minimum Gasteiger partial charge on any atom is -0.368 e. The molecule has 1 fully saturated rings. The van der Waals surface area contributed by atoms with Crippen molar-refractivity contribution >= 4 is 5.95 Å². The van der Waals surface area contributed by atoms with E-state index in [1.54, 1.807) is 0 Å². The molecule has 4 heteroatoms. The number of nitrogens with zero attached hydrogens (tertiary/aromatic N) is 3. The van der Waals surface area contributed by atoms with Crippen LogP contribution in [0.3, 0.4) is 0 Å². The number of benzene rings is 1. The van der Waals surface area contributed by atoms with Crippen molar-refractivity contribution in [2.24, 2.45) is 0 Å². The van der Waals surface area contributed by atoms with E-state index in [2.05, 4.69) is 55.0 Å². The molecule has 20 heavy (non-hydrogen) atoms. The first-order chi connectivity index (χ1) is 9.42. The third-order valence-corrected chi connectivity index (χ3v) is 3.83. The summed E-state index contributed by atoms with van der Waals surface area (Å²) in [6, 6.07) is 10.4. The van der Waals surface area contributed by atoms with E-state index >= 15 is 0 Å². The monoisotopic (exact) mass is 268 g/mol. The molecule has 1 aromatic carbocycles. The summed E-state index contributed by atoms with van der Waals surface area (Å²) in [7, 11) is 0. The lowest BCUT2D eigenvalue weighted by Crippen LogP contribution is -2.23. The van der Waals surface area contributed by atoms with Crippen molar-refractivity contribution in [2.45, 2.75) is 44.4 Å². The van der Waals surface area contributed by atoms with Gasteiger partial charge in [0.25, 0.3) is 0 Å². The number of nitrogen functional groups attached to an aromatic ring is 1. The van der Waals surface area contributed by atoms with Crippen molar-refractivity contribution in [1.82, 2.24) is 15.0 Å². The highest BCUT2D eigenvalue weighted by Crippen LogP contribution is 2.52. The van der Waals surface area contributed by atoms with E-state index in [0.29, 0.717) is 5.95 Å². The summed E-state index contributed by atoms with van der Waals surface area (Å²) in [6.07, 6.45) is 2.15. The van der Waals surface area contributed by atoms with Crippen LogP contribution in [-0.2, 0) is 10.8 Å². The molecule has 0 aliphatic heterocycles. The Balaban J connectivity index is 2.09. The maximum Gasteiger partial charge on any atom is 0.223 e. The van der Waals surface area contributed by atoms with E-state index in [9.17, 15) is 0 Å². The number of hydrogen-bond donors (Lipinski definition) is 1. The molecule has 1 saturated carbocycles. The SMILES string of the molecule is CC(C)(C)c1nc(N)nc(C2(c3ccccc3)CC2)n1. The van der Waals surface area contributed by atoms with Crippen LogP contribution in [0.2, 0.25) is 0 Å². The zero-order valence-corrected chi connectivity index (χ0v) is 12.2. The van der Waals surface area contributed by atoms with Crippen molar-refractivity contribution in [3.05, 3.63) is 47.5 Å². The van der Waals surface area contributed by atoms with Crippen LogP contribution >= 0.6 is 0 Å². The molecule has 1 aliphatic carbocycles. The van der Waals surface area contributed by atoms with Crippen LogP contribution in [0.15, 0.2) is 30.3 Å². The Kier molecular flexibility index (Phi) is 2.78. The molecular formula is C16H20N4. The van der Waals surface area contributed by atoms with Gasteiger partial charge in [-0.2, -0.15) is 9.97 Å². The minimum atomic E-state index is -0.126. The molecular weight excluding hydrogens is 248 g/mol. The fourth-order valence-electron chi connectivity index (χ4n) is 2.47. The Bertz CT molecular complexity index is 625. The van der Waals surface area contributed by atoms with Gasteiger partial charge < -0.3 is 5.73 Å². The van der Waals surface area contributed by atoms with Gasteiger partial charge in [-0.05, 0) is 18.4 Å². The largest absolute Gasteiger partial charge is 0.368 e. The van der Waals surface area contributed by atoms with Crippen LogP contribution < -0.4 is 5.73 Å². The van der Waals surface area contributed by atoms with Gasteiger partial charge in [0, 0.05) is 5.41 Å². The van der Waals surface area contributed by atoms with Crippen LogP contribution in [-0.4, -0.2) is 15.0 Å². The topological polar surface area (TPSA) is 64.7 Å². The van der Waals surface area contributed by atoms with Gasteiger partial charge in [0.15, 0.2) is 0 Å². The average Bonchev–Trinajstić information content (AvgIpc) is 3.19. The fraction of sp³-hybridized carbons (Fsp3) is 0.438. The second-order valence-corrected chi connectivity index (χ2v) is 6.54. The number of aromatic nitrogens is 3. The standard InChI is InChI=1S/C16H20N4/c1-15(2,3)12-18-13(20-14(17)19-12)16(9-10-16)11-7-5-4-6-8-11/h4-8H,9-10H2,1-3H3,(H2,17,18,19,20). The number of nitrogens with two attached hydrogens (primary N) is 1. The lowest BCUT2D eigenvalue weighted by Gasteiger charge is -2.20. The molecule has 0 spiro atoms. The van der Waals surface area contributed by atoms with E-state index in [-0.39, 0.29) is 10.8 Å². The highest BCUT2D eigenvalue weighted by molar-refractivity contribution is 5.40. The first-order valence-electron chi connectivity index (χ1n) is 7.00. The second-order valence-electron chi connectivity index (χ2n) is 6.54. The molecule has 0 unspecified atom stereocenters. The molecule has 3 rings (SSSR count). The Morgan fingerprint density at radius 1 is 1.00 bits per heavy atom. The van der Waals surface area contributed by atoms with E-state index in [4.69, 9.17) is 10.7 Å². The summed E-state index contributed by atoms with van der Waals surface area (Å²) in [4.78, 5) is 13.4. The van der Waals surface area contributed by atoms with Crippen molar-refractivity contribution in [3.63, 3.8) is 0 Å².